The summed E-state index contributed by atoms with van der Waals surface area (Å²) in [4.78, 5) is 19.0. The van der Waals surface area contributed by atoms with Gasteiger partial charge in [0.1, 0.15) is 24.0 Å². The molecular weight excluding hydrogens is 481 g/mol. The highest BCUT2D eigenvalue weighted by molar-refractivity contribution is 5.81. The number of hydrogen-bond acceptors (Lipinski definition) is 7. The summed E-state index contributed by atoms with van der Waals surface area (Å²) < 4.78 is 36.9. The quantitative estimate of drug-likeness (QED) is 0.482. The zero-order valence-electron chi connectivity index (χ0n) is 20.3. The van der Waals surface area contributed by atoms with Crippen LogP contribution < -0.4 is 10.1 Å². The maximum Gasteiger partial charge on any atom is 0.407 e. The van der Waals surface area contributed by atoms with Crippen LogP contribution in [0.15, 0.2) is 42.5 Å². The summed E-state index contributed by atoms with van der Waals surface area (Å²) in [6.45, 7) is 0.529. The number of aliphatic hydroxyl groups is 1. The van der Waals surface area contributed by atoms with Crippen molar-refractivity contribution in [2.45, 2.75) is 49.7 Å². The molecule has 2 saturated heterocycles. The number of rotatable bonds is 5. The van der Waals surface area contributed by atoms with E-state index in [0.29, 0.717) is 29.1 Å². The topological polar surface area (TPSA) is 115 Å². The normalized spacial score (nSPS) is 27.1. The highest BCUT2D eigenvalue weighted by Gasteiger charge is 2.48. The molecule has 37 heavy (non-hydrogen) atoms. The summed E-state index contributed by atoms with van der Waals surface area (Å²) in [5, 5.41) is 12.8. The molecule has 3 unspecified atom stereocenters. The van der Waals surface area contributed by atoms with Crippen LogP contribution in [0.3, 0.4) is 0 Å². The lowest BCUT2D eigenvalue weighted by Crippen LogP contribution is -2.35. The molecule has 0 spiro atoms. The van der Waals surface area contributed by atoms with Crippen molar-refractivity contribution >= 4 is 22.7 Å². The maximum atomic E-state index is 15.0. The molecule has 0 saturated carbocycles. The number of fused-ring (bicyclic) bond motifs is 2. The van der Waals surface area contributed by atoms with Gasteiger partial charge in [-0.25, -0.2) is 14.2 Å². The van der Waals surface area contributed by atoms with Crippen molar-refractivity contribution in [3.8, 4) is 17.1 Å². The fraction of sp³-hybridized carbons (Fsp3) is 0.407. The van der Waals surface area contributed by atoms with E-state index in [0.717, 1.165) is 24.8 Å². The maximum absolute atomic E-state index is 15.0. The third kappa shape index (κ3) is 4.68. The van der Waals surface area contributed by atoms with Gasteiger partial charge in [0.2, 0.25) is 0 Å². The Morgan fingerprint density at radius 3 is 2.70 bits per heavy atom. The summed E-state index contributed by atoms with van der Waals surface area (Å²) in [7, 11) is 1.36. The molecule has 0 bridgehead atoms. The number of amides is 1. The molecule has 2 fully saturated rings. The number of halogens is 1. The monoisotopic (exact) mass is 509 g/mol. The number of hydrogen-bond donors (Lipinski definition) is 3. The lowest BCUT2D eigenvalue weighted by molar-refractivity contribution is 0.00794. The first kappa shape index (κ1) is 23.9. The van der Waals surface area contributed by atoms with Gasteiger partial charge in [-0.2, -0.15) is 0 Å². The van der Waals surface area contributed by atoms with Gasteiger partial charge < -0.3 is 34.4 Å². The van der Waals surface area contributed by atoms with E-state index in [9.17, 15) is 9.90 Å². The highest BCUT2D eigenvalue weighted by Crippen LogP contribution is 2.33. The third-order valence-electron chi connectivity index (χ3n) is 7.24. The average molecular weight is 510 g/mol. The van der Waals surface area contributed by atoms with Gasteiger partial charge in [-0.15, -0.1) is 0 Å². The van der Waals surface area contributed by atoms with Crippen LogP contribution in [0.5, 0.6) is 5.88 Å². The fourth-order valence-corrected chi connectivity index (χ4v) is 5.28. The number of aromatic nitrogens is 2. The van der Waals surface area contributed by atoms with Crippen LogP contribution in [-0.2, 0) is 14.2 Å². The highest BCUT2D eigenvalue weighted by atomic mass is 19.1. The molecular formula is C27H28FN3O6. The number of allylic oxidation sites excluding steroid dienone is 1. The molecule has 0 radical (unpaired) electrons. The standard InChI is InChI=1S/C27H28FN3O6/c1-34-27(33)29-17-8-6-15(7-9-17)14-2-4-16(5-3-14)24-18(28)10-19-20(31-24)11-23(30-19)37-22-13-36-25-21(32)12-35-26(22)25/h2-6,10-11,17,21-22,25-26,30,32H,7-9,12-13H2,1H3,(H,29,33)/t17?,21-,22-,25?,26?/m1/s1. The number of pyridine rings is 1. The van der Waals surface area contributed by atoms with Crippen molar-refractivity contribution in [2.75, 3.05) is 20.3 Å². The van der Waals surface area contributed by atoms with Crippen molar-refractivity contribution in [2.24, 2.45) is 0 Å². The molecule has 1 amide bonds. The smallest absolute Gasteiger partial charge is 0.407 e. The number of H-pyrrole nitrogens is 1. The van der Waals surface area contributed by atoms with Crippen LogP contribution in [0.2, 0.25) is 0 Å². The van der Waals surface area contributed by atoms with Crippen molar-refractivity contribution in [3.05, 3.63) is 53.9 Å². The van der Waals surface area contributed by atoms with E-state index in [1.807, 2.05) is 24.3 Å². The number of carbonyl (C=O) groups is 1. The summed E-state index contributed by atoms with van der Waals surface area (Å²) in [5.41, 5.74) is 4.30. The van der Waals surface area contributed by atoms with E-state index < -0.39 is 18.0 Å². The van der Waals surface area contributed by atoms with Gasteiger partial charge in [-0.05, 0) is 30.4 Å². The predicted molar refractivity (Wildman–Crippen MR) is 133 cm³/mol. The van der Waals surface area contributed by atoms with Gasteiger partial charge in [-0.3, -0.25) is 0 Å². The molecule has 3 N–H and O–H groups in total. The largest absolute Gasteiger partial charge is 0.470 e. The van der Waals surface area contributed by atoms with Crippen LogP contribution >= 0.6 is 0 Å². The Bertz CT molecular complexity index is 1340. The minimum atomic E-state index is -0.652. The van der Waals surface area contributed by atoms with Crippen LogP contribution in [0.25, 0.3) is 27.9 Å². The first-order chi connectivity index (χ1) is 18.0. The Morgan fingerprint density at radius 2 is 1.95 bits per heavy atom. The number of aliphatic hydroxyl groups excluding tert-OH is 1. The number of methoxy groups -OCH3 is 1. The second kappa shape index (κ2) is 9.77. The van der Waals surface area contributed by atoms with Crippen molar-refractivity contribution in [1.29, 1.82) is 0 Å². The van der Waals surface area contributed by atoms with Gasteiger partial charge in [0.25, 0.3) is 0 Å². The number of nitrogens with zero attached hydrogens (tertiary/aromatic N) is 1. The van der Waals surface area contributed by atoms with Crippen molar-refractivity contribution in [1.82, 2.24) is 15.3 Å². The molecule has 1 aliphatic carbocycles. The average Bonchev–Trinajstić information content (AvgIpc) is 3.60. The van der Waals surface area contributed by atoms with Crippen LogP contribution in [0, 0.1) is 5.82 Å². The fourth-order valence-electron chi connectivity index (χ4n) is 5.28. The second-order valence-electron chi connectivity index (χ2n) is 9.62. The molecule has 2 aliphatic heterocycles. The number of nitrogens with one attached hydrogen (secondary N) is 2. The molecule has 9 nitrogen and oxygen atoms in total. The minimum Gasteiger partial charge on any atom is -0.470 e. The zero-order chi connectivity index (χ0) is 25.5. The zero-order valence-corrected chi connectivity index (χ0v) is 20.3. The van der Waals surface area contributed by atoms with Crippen LogP contribution in [-0.4, -0.2) is 71.9 Å². The summed E-state index contributed by atoms with van der Waals surface area (Å²) in [6, 6.07) is 10.9. The molecule has 3 aliphatic rings. The van der Waals surface area contributed by atoms with Gasteiger partial charge in [0.05, 0.1) is 31.4 Å². The van der Waals surface area contributed by atoms with E-state index in [2.05, 4.69) is 26.1 Å². The van der Waals surface area contributed by atoms with Gasteiger partial charge >= 0.3 is 6.09 Å². The minimum absolute atomic E-state index is 0.0654. The molecule has 4 heterocycles. The predicted octanol–water partition coefficient (Wildman–Crippen LogP) is 3.57. The lowest BCUT2D eigenvalue weighted by Gasteiger charge is -2.22. The van der Waals surface area contributed by atoms with Crippen LogP contribution in [0.4, 0.5) is 9.18 Å². The lowest BCUT2D eigenvalue weighted by atomic mass is 9.90. The van der Waals surface area contributed by atoms with E-state index in [1.54, 1.807) is 6.07 Å². The molecule has 10 heteroatoms. The summed E-state index contributed by atoms with van der Waals surface area (Å²) in [5.74, 6) is 0.00615. The molecule has 2 aromatic heterocycles. The number of benzene rings is 1. The first-order valence-electron chi connectivity index (χ1n) is 12.4. The van der Waals surface area contributed by atoms with Gasteiger partial charge in [0, 0.05) is 23.7 Å². The second-order valence-corrected chi connectivity index (χ2v) is 9.62. The Morgan fingerprint density at radius 1 is 1.16 bits per heavy atom. The van der Waals surface area contributed by atoms with E-state index in [-0.39, 0.29) is 36.7 Å². The molecule has 6 rings (SSSR count). The Labute approximate surface area is 212 Å². The van der Waals surface area contributed by atoms with E-state index >= 15 is 4.39 Å². The Hall–Kier alpha value is -3.47. The van der Waals surface area contributed by atoms with E-state index in [4.69, 9.17) is 14.2 Å². The summed E-state index contributed by atoms with van der Waals surface area (Å²) in [6.07, 6.45) is 2.36. The third-order valence-corrected chi connectivity index (χ3v) is 7.24. The summed E-state index contributed by atoms with van der Waals surface area (Å²) >= 11 is 0. The first-order valence-corrected chi connectivity index (χ1v) is 12.4. The van der Waals surface area contributed by atoms with Crippen molar-refractivity contribution in [3.63, 3.8) is 0 Å². The van der Waals surface area contributed by atoms with Crippen LogP contribution in [0.1, 0.15) is 24.8 Å². The SMILES string of the molecule is COC(=O)NC1CC=C(c2ccc(-c3nc4cc(O[C@@H]5COC6C5OC[C@H]6O)[nH]c4cc3F)cc2)CC1. The number of alkyl carbamates (subject to hydrolysis) is 1. The Balaban J connectivity index is 1.16. The number of aromatic amines is 1. The number of carbonyl (C=O) groups excluding carboxylic acids is 1. The molecule has 3 aromatic rings. The molecule has 5 atom stereocenters. The van der Waals surface area contributed by atoms with Gasteiger partial charge in [0.15, 0.2) is 17.8 Å². The molecule has 194 valence electrons. The number of ether oxygens (including phenoxy) is 4. The van der Waals surface area contributed by atoms with E-state index in [1.165, 1.54) is 18.7 Å². The van der Waals surface area contributed by atoms with Gasteiger partial charge in [-0.1, -0.05) is 30.3 Å². The van der Waals surface area contributed by atoms with Crippen molar-refractivity contribution < 1.29 is 33.2 Å². The Kier molecular flexibility index (Phi) is 6.31. The molecule has 1 aromatic carbocycles.